The van der Waals surface area contributed by atoms with Crippen LogP contribution in [0.1, 0.15) is 15.9 Å². The van der Waals surface area contributed by atoms with Gasteiger partial charge in [0.1, 0.15) is 6.07 Å². The highest BCUT2D eigenvalue weighted by Crippen LogP contribution is 2.24. The number of nitrogens with one attached hydrogen (secondary N) is 2. The van der Waals surface area contributed by atoms with Crippen molar-refractivity contribution in [1.29, 1.82) is 5.26 Å². The van der Waals surface area contributed by atoms with E-state index in [9.17, 15) is 4.79 Å². The van der Waals surface area contributed by atoms with Crippen LogP contribution in [-0.4, -0.2) is 15.9 Å². The summed E-state index contributed by atoms with van der Waals surface area (Å²) in [6, 6.07) is 13.7. The van der Waals surface area contributed by atoms with Crippen molar-refractivity contribution < 1.29 is 4.79 Å². The molecule has 2 N–H and O–H groups in total. The van der Waals surface area contributed by atoms with Gasteiger partial charge in [0, 0.05) is 28.1 Å². The molecule has 0 atom stereocenters. The van der Waals surface area contributed by atoms with E-state index in [-0.39, 0.29) is 11.5 Å². The number of para-hydroxylation sites is 1. The standard InChI is InChI=1S/C18H11Cl2N5O/c19-13-5-14(20)7-15(6-13)24-18-22-9-12(10-23-18)17(26)25-16-4-2-1-3-11(16)8-21/h1-7,9-10H,(H,25,26)(H,22,23,24). The third-order valence-corrected chi connectivity index (χ3v) is 3.76. The molecule has 0 saturated heterocycles. The smallest absolute Gasteiger partial charge is 0.258 e. The average Bonchev–Trinajstić information content (AvgIpc) is 2.62. The maximum atomic E-state index is 12.3. The van der Waals surface area contributed by atoms with Gasteiger partial charge in [-0.1, -0.05) is 35.3 Å². The van der Waals surface area contributed by atoms with Crippen LogP contribution >= 0.6 is 23.2 Å². The molecule has 0 spiro atoms. The predicted octanol–water partition coefficient (Wildman–Crippen LogP) is 4.65. The third kappa shape index (κ3) is 4.28. The maximum Gasteiger partial charge on any atom is 0.258 e. The van der Waals surface area contributed by atoms with Crippen LogP contribution in [0.3, 0.4) is 0 Å². The largest absolute Gasteiger partial charge is 0.324 e. The van der Waals surface area contributed by atoms with E-state index >= 15 is 0 Å². The predicted molar refractivity (Wildman–Crippen MR) is 101 cm³/mol. The fraction of sp³-hybridized carbons (Fsp3) is 0. The lowest BCUT2D eigenvalue weighted by atomic mass is 10.2. The van der Waals surface area contributed by atoms with Crippen molar-refractivity contribution in [3.05, 3.63) is 76.0 Å². The maximum absolute atomic E-state index is 12.3. The number of nitrogens with zero attached hydrogens (tertiary/aromatic N) is 3. The molecule has 1 amide bonds. The number of amides is 1. The summed E-state index contributed by atoms with van der Waals surface area (Å²) in [6.45, 7) is 0. The van der Waals surface area contributed by atoms with Gasteiger partial charge in [0.2, 0.25) is 5.95 Å². The highest BCUT2D eigenvalue weighted by Gasteiger charge is 2.10. The fourth-order valence-electron chi connectivity index (χ4n) is 2.15. The SMILES string of the molecule is N#Cc1ccccc1NC(=O)c1cnc(Nc2cc(Cl)cc(Cl)c2)nc1. The fourth-order valence-corrected chi connectivity index (χ4v) is 2.68. The zero-order chi connectivity index (χ0) is 18.5. The Hall–Kier alpha value is -3.14. The molecule has 26 heavy (non-hydrogen) atoms. The van der Waals surface area contributed by atoms with E-state index in [0.29, 0.717) is 27.0 Å². The van der Waals surface area contributed by atoms with Gasteiger partial charge < -0.3 is 10.6 Å². The van der Waals surface area contributed by atoms with Crippen LogP contribution in [0.4, 0.5) is 17.3 Å². The Morgan fingerprint density at radius 1 is 1.04 bits per heavy atom. The van der Waals surface area contributed by atoms with Crippen molar-refractivity contribution in [2.45, 2.75) is 0 Å². The van der Waals surface area contributed by atoms with E-state index in [0.717, 1.165) is 0 Å². The second kappa shape index (κ2) is 7.83. The van der Waals surface area contributed by atoms with E-state index in [4.69, 9.17) is 28.5 Å². The quantitative estimate of drug-likeness (QED) is 0.683. The Kier molecular flexibility index (Phi) is 5.32. The monoisotopic (exact) mass is 383 g/mol. The molecule has 0 fully saturated rings. The minimum absolute atomic E-state index is 0.257. The molecule has 6 nitrogen and oxygen atoms in total. The van der Waals surface area contributed by atoms with Crippen LogP contribution in [-0.2, 0) is 0 Å². The summed E-state index contributed by atoms with van der Waals surface area (Å²) < 4.78 is 0. The Labute approximate surface area is 159 Å². The zero-order valence-electron chi connectivity index (χ0n) is 13.2. The molecule has 0 unspecified atom stereocenters. The molecular formula is C18H11Cl2N5O. The summed E-state index contributed by atoms with van der Waals surface area (Å²) in [4.78, 5) is 20.5. The average molecular weight is 384 g/mol. The topological polar surface area (TPSA) is 90.7 Å². The Morgan fingerprint density at radius 2 is 1.69 bits per heavy atom. The number of benzene rings is 2. The molecule has 8 heteroatoms. The van der Waals surface area contributed by atoms with Gasteiger partial charge in [-0.3, -0.25) is 4.79 Å². The summed E-state index contributed by atoms with van der Waals surface area (Å²) >= 11 is 11.9. The van der Waals surface area contributed by atoms with Gasteiger partial charge in [-0.15, -0.1) is 0 Å². The summed E-state index contributed by atoms with van der Waals surface area (Å²) in [6.07, 6.45) is 2.76. The summed E-state index contributed by atoms with van der Waals surface area (Å²) in [7, 11) is 0. The highest BCUT2D eigenvalue weighted by molar-refractivity contribution is 6.35. The number of carbonyl (C=O) groups is 1. The molecule has 1 aromatic heterocycles. The first-order valence-corrected chi connectivity index (χ1v) is 8.16. The van der Waals surface area contributed by atoms with Gasteiger partial charge in [0.05, 0.1) is 16.8 Å². The minimum Gasteiger partial charge on any atom is -0.324 e. The van der Waals surface area contributed by atoms with Crippen molar-refractivity contribution in [3.8, 4) is 6.07 Å². The summed E-state index contributed by atoms with van der Waals surface area (Å²) in [5.74, 6) is -0.123. The molecule has 3 rings (SSSR count). The molecule has 0 aliphatic rings. The first-order valence-electron chi connectivity index (χ1n) is 7.41. The molecule has 0 aliphatic carbocycles. The van der Waals surface area contributed by atoms with Crippen molar-refractivity contribution >= 4 is 46.4 Å². The van der Waals surface area contributed by atoms with Crippen LogP contribution in [0.5, 0.6) is 0 Å². The van der Waals surface area contributed by atoms with Crippen LogP contribution in [0.15, 0.2) is 54.9 Å². The van der Waals surface area contributed by atoms with Gasteiger partial charge in [-0.2, -0.15) is 5.26 Å². The number of hydrogen-bond acceptors (Lipinski definition) is 5. The van der Waals surface area contributed by atoms with E-state index in [2.05, 4.69) is 20.6 Å². The lowest BCUT2D eigenvalue weighted by Crippen LogP contribution is -2.14. The Morgan fingerprint density at radius 3 is 2.35 bits per heavy atom. The summed E-state index contributed by atoms with van der Waals surface area (Å²) in [5, 5.41) is 15.6. The Bertz CT molecular complexity index is 979. The van der Waals surface area contributed by atoms with Crippen LogP contribution in [0.25, 0.3) is 0 Å². The molecule has 0 radical (unpaired) electrons. The molecular weight excluding hydrogens is 373 g/mol. The molecule has 2 aromatic carbocycles. The summed E-state index contributed by atoms with van der Waals surface area (Å²) in [5.41, 5.74) is 1.68. The highest BCUT2D eigenvalue weighted by atomic mass is 35.5. The second-order valence-corrected chi connectivity index (χ2v) is 6.06. The second-order valence-electron chi connectivity index (χ2n) is 5.19. The van der Waals surface area contributed by atoms with Crippen molar-refractivity contribution in [3.63, 3.8) is 0 Å². The normalized spacial score (nSPS) is 10.0. The van der Waals surface area contributed by atoms with Crippen LogP contribution < -0.4 is 10.6 Å². The van der Waals surface area contributed by atoms with Gasteiger partial charge >= 0.3 is 0 Å². The van der Waals surface area contributed by atoms with Crippen molar-refractivity contribution in [2.24, 2.45) is 0 Å². The van der Waals surface area contributed by atoms with Crippen LogP contribution in [0, 0.1) is 11.3 Å². The zero-order valence-corrected chi connectivity index (χ0v) is 14.7. The van der Waals surface area contributed by atoms with E-state index < -0.39 is 5.91 Å². The first-order chi connectivity index (χ1) is 12.5. The van der Waals surface area contributed by atoms with Gasteiger partial charge in [0.15, 0.2) is 0 Å². The van der Waals surface area contributed by atoms with Gasteiger partial charge in [-0.25, -0.2) is 9.97 Å². The number of hydrogen-bond donors (Lipinski definition) is 2. The lowest BCUT2D eigenvalue weighted by molar-refractivity contribution is 0.102. The van der Waals surface area contributed by atoms with Crippen molar-refractivity contribution in [1.82, 2.24) is 9.97 Å². The van der Waals surface area contributed by atoms with Gasteiger partial charge in [0.25, 0.3) is 5.91 Å². The molecule has 3 aromatic rings. The van der Waals surface area contributed by atoms with E-state index in [1.165, 1.54) is 12.4 Å². The number of carbonyl (C=O) groups excluding carboxylic acids is 1. The van der Waals surface area contributed by atoms with E-state index in [1.54, 1.807) is 42.5 Å². The number of aromatic nitrogens is 2. The van der Waals surface area contributed by atoms with Crippen LogP contribution in [0.2, 0.25) is 10.0 Å². The molecule has 128 valence electrons. The van der Waals surface area contributed by atoms with Crippen molar-refractivity contribution in [2.75, 3.05) is 10.6 Å². The van der Waals surface area contributed by atoms with Gasteiger partial charge in [-0.05, 0) is 30.3 Å². The number of rotatable bonds is 4. The number of halogens is 2. The molecule has 1 heterocycles. The number of nitriles is 1. The molecule has 0 saturated carbocycles. The lowest BCUT2D eigenvalue weighted by Gasteiger charge is -2.08. The first kappa shape index (κ1) is 17.7. The number of anilines is 3. The van der Waals surface area contributed by atoms with E-state index in [1.807, 2.05) is 6.07 Å². The minimum atomic E-state index is -0.412. The Balaban J connectivity index is 1.73. The molecule has 0 aliphatic heterocycles. The third-order valence-electron chi connectivity index (χ3n) is 3.33. The molecule has 0 bridgehead atoms.